The van der Waals surface area contributed by atoms with Gasteiger partial charge in [-0.25, -0.2) is 4.98 Å². The number of hydrogen-bond donors (Lipinski definition) is 1. The molecule has 0 aliphatic rings. The molecule has 1 amide bonds. The van der Waals surface area contributed by atoms with Gasteiger partial charge in [-0.05, 0) is 18.2 Å². The van der Waals surface area contributed by atoms with Gasteiger partial charge < -0.3 is 5.32 Å². The Morgan fingerprint density at radius 1 is 1.30 bits per heavy atom. The van der Waals surface area contributed by atoms with Crippen LogP contribution in [-0.2, 0) is 4.79 Å². The monoisotopic (exact) mass is 387 g/mol. The summed E-state index contributed by atoms with van der Waals surface area (Å²) in [5.74, 6) is -0.120. The zero-order chi connectivity index (χ0) is 16.4. The summed E-state index contributed by atoms with van der Waals surface area (Å²) < 4.78 is 1.64. The second-order valence-corrected chi connectivity index (χ2v) is 6.51. The molecule has 3 aromatic rings. The number of nitrogens with one attached hydrogen (secondary N) is 1. The summed E-state index contributed by atoms with van der Waals surface area (Å²) in [5, 5.41) is 12.3. The Labute approximate surface area is 150 Å². The summed E-state index contributed by atoms with van der Waals surface area (Å²) in [5.41, 5.74) is 0.936. The van der Waals surface area contributed by atoms with Crippen molar-refractivity contribution in [3.8, 4) is 0 Å². The van der Waals surface area contributed by atoms with Crippen LogP contribution in [0.3, 0.4) is 0 Å². The molecule has 0 aliphatic heterocycles. The highest BCUT2D eigenvalue weighted by Gasteiger charge is 2.13. The van der Waals surface area contributed by atoms with Crippen LogP contribution in [0.4, 0.5) is 5.69 Å². The smallest absolute Gasteiger partial charge is 0.234 e. The second-order valence-electron chi connectivity index (χ2n) is 4.36. The van der Waals surface area contributed by atoms with Crippen LogP contribution >= 0.6 is 46.6 Å². The summed E-state index contributed by atoms with van der Waals surface area (Å²) in [4.78, 5) is 15.9. The Bertz CT molecular complexity index is 885. The number of rotatable bonds is 4. The number of nitrogens with zero attached hydrogens (tertiary/aromatic N) is 4. The quantitative estimate of drug-likeness (QED) is 0.543. The Balaban J connectivity index is 1.71. The minimum Gasteiger partial charge on any atom is -0.323 e. The van der Waals surface area contributed by atoms with Gasteiger partial charge in [-0.3, -0.25) is 9.20 Å². The number of thioether (sulfide) groups is 1. The van der Waals surface area contributed by atoms with Crippen LogP contribution in [0.2, 0.25) is 15.2 Å². The number of carbonyl (C=O) groups excluding carboxylic acids is 1. The van der Waals surface area contributed by atoms with E-state index in [0.717, 1.165) is 0 Å². The van der Waals surface area contributed by atoms with Crippen molar-refractivity contribution < 1.29 is 4.79 Å². The lowest BCUT2D eigenvalue weighted by Crippen LogP contribution is -2.14. The molecule has 23 heavy (non-hydrogen) atoms. The fourth-order valence-electron chi connectivity index (χ4n) is 1.80. The molecule has 118 valence electrons. The van der Waals surface area contributed by atoms with Crippen molar-refractivity contribution in [2.45, 2.75) is 5.16 Å². The van der Waals surface area contributed by atoms with Crippen molar-refractivity contribution in [3.05, 3.63) is 45.8 Å². The lowest BCUT2D eigenvalue weighted by atomic mass is 10.4. The summed E-state index contributed by atoms with van der Waals surface area (Å²) in [6.07, 6.45) is 3.18. The summed E-state index contributed by atoms with van der Waals surface area (Å²) in [7, 11) is 0. The average Bonchev–Trinajstić information content (AvgIpc) is 2.91. The number of fused-ring (bicyclic) bond motifs is 1. The third-order valence-electron chi connectivity index (χ3n) is 2.76. The molecule has 3 aromatic heterocycles. The highest BCUT2D eigenvalue weighted by Crippen LogP contribution is 2.25. The molecule has 0 saturated heterocycles. The maximum Gasteiger partial charge on any atom is 0.234 e. The van der Waals surface area contributed by atoms with Crippen molar-refractivity contribution >= 4 is 63.8 Å². The number of halogens is 3. The van der Waals surface area contributed by atoms with E-state index in [9.17, 15) is 4.79 Å². The highest BCUT2D eigenvalue weighted by atomic mass is 35.5. The molecule has 3 heterocycles. The van der Waals surface area contributed by atoms with Gasteiger partial charge in [-0.2, -0.15) is 0 Å². The minimum absolute atomic E-state index is 0.121. The molecule has 0 unspecified atom stereocenters. The molecule has 1 N–H and O–H groups in total. The fourth-order valence-corrected chi connectivity index (χ4v) is 3.18. The van der Waals surface area contributed by atoms with E-state index in [1.54, 1.807) is 35.0 Å². The summed E-state index contributed by atoms with van der Waals surface area (Å²) in [6.45, 7) is 0. The molecule has 0 atom stereocenters. The van der Waals surface area contributed by atoms with Crippen molar-refractivity contribution in [1.82, 2.24) is 19.6 Å². The maximum atomic E-state index is 12.0. The predicted octanol–water partition coefficient (Wildman–Crippen LogP) is 3.82. The van der Waals surface area contributed by atoms with E-state index in [1.165, 1.54) is 11.8 Å². The first-order valence-corrected chi connectivity index (χ1v) is 8.39. The standard InChI is InChI=1S/C13H8Cl3N5OS/c14-7-4-8(15)12-19-20-13(21(12)5-7)23-6-10(22)18-9-2-1-3-17-11(9)16/h1-5H,6H2,(H,18,22). The van der Waals surface area contributed by atoms with E-state index in [0.29, 0.717) is 26.5 Å². The second kappa shape index (κ2) is 6.92. The molecular formula is C13H8Cl3N5OS. The van der Waals surface area contributed by atoms with Crippen LogP contribution in [0.1, 0.15) is 0 Å². The maximum absolute atomic E-state index is 12.0. The first kappa shape index (κ1) is 16.3. The largest absolute Gasteiger partial charge is 0.323 e. The van der Waals surface area contributed by atoms with Crippen LogP contribution in [0.15, 0.2) is 35.7 Å². The van der Waals surface area contributed by atoms with E-state index in [4.69, 9.17) is 34.8 Å². The number of anilines is 1. The van der Waals surface area contributed by atoms with E-state index in [2.05, 4.69) is 20.5 Å². The molecule has 3 rings (SSSR count). The van der Waals surface area contributed by atoms with Crippen LogP contribution in [0.5, 0.6) is 0 Å². The topological polar surface area (TPSA) is 72.2 Å². The van der Waals surface area contributed by atoms with Crippen molar-refractivity contribution in [3.63, 3.8) is 0 Å². The van der Waals surface area contributed by atoms with Crippen LogP contribution in [0, 0.1) is 0 Å². The molecule has 0 aromatic carbocycles. The van der Waals surface area contributed by atoms with Crippen molar-refractivity contribution in [2.75, 3.05) is 11.1 Å². The molecule has 0 spiro atoms. The number of amides is 1. The molecule has 0 radical (unpaired) electrons. The van der Waals surface area contributed by atoms with Gasteiger partial charge in [0.05, 0.1) is 21.5 Å². The number of aromatic nitrogens is 4. The number of carbonyl (C=O) groups is 1. The molecular weight excluding hydrogens is 381 g/mol. The Kier molecular flexibility index (Phi) is 4.91. The number of pyridine rings is 2. The van der Waals surface area contributed by atoms with E-state index in [1.807, 2.05) is 0 Å². The van der Waals surface area contributed by atoms with Gasteiger partial charge in [0.15, 0.2) is 16.0 Å². The summed E-state index contributed by atoms with van der Waals surface area (Å²) in [6, 6.07) is 4.94. The normalized spacial score (nSPS) is 10.9. The lowest BCUT2D eigenvalue weighted by Gasteiger charge is -2.05. The zero-order valence-corrected chi connectivity index (χ0v) is 14.4. The van der Waals surface area contributed by atoms with E-state index < -0.39 is 0 Å². The molecule has 0 bridgehead atoms. The molecule has 0 fully saturated rings. The van der Waals surface area contributed by atoms with Gasteiger partial charge in [-0.15, -0.1) is 10.2 Å². The van der Waals surface area contributed by atoms with Crippen molar-refractivity contribution in [1.29, 1.82) is 0 Å². The number of hydrogen-bond acceptors (Lipinski definition) is 5. The van der Waals surface area contributed by atoms with Gasteiger partial charge in [0, 0.05) is 12.4 Å². The van der Waals surface area contributed by atoms with Gasteiger partial charge >= 0.3 is 0 Å². The van der Waals surface area contributed by atoms with Crippen LogP contribution < -0.4 is 5.32 Å². The van der Waals surface area contributed by atoms with Crippen molar-refractivity contribution in [2.24, 2.45) is 0 Å². The Morgan fingerprint density at radius 2 is 2.13 bits per heavy atom. The zero-order valence-electron chi connectivity index (χ0n) is 11.3. The van der Waals surface area contributed by atoms with Gasteiger partial charge in [0.2, 0.25) is 5.91 Å². The minimum atomic E-state index is -0.241. The van der Waals surface area contributed by atoms with Crippen LogP contribution in [-0.4, -0.2) is 31.2 Å². The molecule has 10 heteroatoms. The highest BCUT2D eigenvalue weighted by molar-refractivity contribution is 7.99. The van der Waals surface area contributed by atoms with E-state index >= 15 is 0 Å². The van der Waals surface area contributed by atoms with Gasteiger partial charge in [0.25, 0.3) is 0 Å². The van der Waals surface area contributed by atoms with E-state index in [-0.39, 0.29) is 16.8 Å². The Hall–Kier alpha value is -1.54. The lowest BCUT2D eigenvalue weighted by molar-refractivity contribution is -0.113. The first-order chi connectivity index (χ1) is 11.0. The Morgan fingerprint density at radius 3 is 2.91 bits per heavy atom. The third-order valence-corrected chi connectivity index (χ3v) is 4.49. The predicted molar refractivity (Wildman–Crippen MR) is 91.6 cm³/mol. The first-order valence-electron chi connectivity index (χ1n) is 6.27. The third kappa shape index (κ3) is 3.69. The summed E-state index contributed by atoms with van der Waals surface area (Å²) >= 11 is 19.1. The van der Waals surface area contributed by atoms with Gasteiger partial charge in [0.1, 0.15) is 0 Å². The SMILES string of the molecule is O=C(CSc1nnc2c(Cl)cc(Cl)cn12)Nc1cccnc1Cl. The van der Waals surface area contributed by atoms with Crippen LogP contribution in [0.25, 0.3) is 5.65 Å². The van der Waals surface area contributed by atoms with Gasteiger partial charge in [-0.1, -0.05) is 46.6 Å². The molecule has 0 saturated carbocycles. The molecule has 6 nitrogen and oxygen atoms in total. The average molecular weight is 389 g/mol. The fraction of sp³-hybridized carbons (Fsp3) is 0.0769. The molecule has 0 aliphatic carbocycles.